The molecule has 3 N–H and O–H groups in total. The Labute approximate surface area is 114 Å². The van der Waals surface area contributed by atoms with E-state index in [1.165, 1.54) is 11.3 Å². The normalized spacial score (nSPS) is 16.4. The zero-order chi connectivity index (χ0) is 13.7. The van der Waals surface area contributed by atoms with Gasteiger partial charge < -0.3 is 4.90 Å². The molecule has 1 amide bonds. The van der Waals surface area contributed by atoms with E-state index in [9.17, 15) is 4.79 Å². The molecule has 1 fully saturated rings. The minimum atomic E-state index is -0.124. The average Bonchev–Trinajstić information content (AvgIpc) is 2.48. The maximum Gasteiger partial charge on any atom is 0.248 e. The Morgan fingerprint density at radius 1 is 1.21 bits per heavy atom. The van der Waals surface area contributed by atoms with Crippen molar-refractivity contribution < 1.29 is 4.79 Å². The molecule has 104 valence electrons. The predicted octanol–water partition coefficient (Wildman–Crippen LogP) is 0.361. The number of aryl methyl sites for hydroxylation is 1. The van der Waals surface area contributed by atoms with Gasteiger partial charge in [-0.2, -0.15) is 0 Å². The first-order valence-corrected chi connectivity index (χ1v) is 6.78. The summed E-state index contributed by atoms with van der Waals surface area (Å²) in [5.74, 6) is 4.97. The van der Waals surface area contributed by atoms with E-state index in [1.54, 1.807) is 0 Å². The topological polar surface area (TPSA) is 61.6 Å². The van der Waals surface area contributed by atoms with Crippen LogP contribution in [0.4, 0.5) is 5.69 Å². The third-order valence-electron chi connectivity index (χ3n) is 3.61. The molecule has 19 heavy (non-hydrogen) atoms. The molecular weight excluding hydrogens is 240 g/mol. The minimum absolute atomic E-state index is 0.124. The fourth-order valence-electron chi connectivity index (χ4n) is 2.36. The highest BCUT2D eigenvalue weighted by Crippen LogP contribution is 2.17. The highest BCUT2D eigenvalue weighted by molar-refractivity contribution is 5.77. The Bertz CT molecular complexity index is 410. The lowest BCUT2D eigenvalue weighted by atomic mass is 10.1. The van der Waals surface area contributed by atoms with Gasteiger partial charge in [-0.05, 0) is 24.1 Å². The molecule has 1 aromatic rings. The Kier molecular flexibility index (Phi) is 4.76. The number of hydrogen-bond donors (Lipinski definition) is 2. The summed E-state index contributed by atoms with van der Waals surface area (Å²) in [7, 11) is 0. The number of hydrogen-bond acceptors (Lipinski definition) is 4. The van der Waals surface area contributed by atoms with Crippen LogP contribution >= 0.6 is 0 Å². The van der Waals surface area contributed by atoms with Crippen molar-refractivity contribution in [2.75, 3.05) is 37.6 Å². The van der Waals surface area contributed by atoms with Gasteiger partial charge in [0.1, 0.15) is 0 Å². The van der Waals surface area contributed by atoms with Gasteiger partial charge in [-0.3, -0.25) is 15.1 Å². The van der Waals surface area contributed by atoms with Crippen molar-refractivity contribution >= 4 is 11.6 Å². The van der Waals surface area contributed by atoms with Gasteiger partial charge in [-0.15, -0.1) is 0 Å². The molecule has 0 aromatic heterocycles. The van der Waals surface area contributed by atoms with E-state index >= 15 is 0 Å². The third-order valence-corrected chi connectivity index (χ3v) is 3.61. The van der Waals surface area contributed by atoms with E-state index in [0.717, 1.165) is 32.6 Å². The Balaban J connectivity index is 1.86. The monoisotopic (exact) mass is 262 g/mol. The number of anilines is 1. The molecule has 0 saturated carbocycles. The van der Waals surface area contributed by atoms with Crippen LogP contribution in [0.1, 0.15) is 12.5 Å². The second-order valence-corrected chi connectivity index (χ2v) is 4.85. The van der Waals surface area contributed by atoms with Gasteiger partial charge in [0.25, 0.3) is 0 Å². The van der Waals surface area contributed by atoms with E-state index in [2.05, 4.69) is 46.4 Å². The van der Waals surface area contributed by atoms with Crippen molar-refractivity contribution in [2.24, 2.45) is 5.84 Å². The SMILES string of the molecule is CCc1ccc(N2CCN(CC(=O)NN)CC2)cc1. The van der Waals surface area contributed by atoms with E-state index < -0.39 is 0 Å². The Morgan fingerprint density at radius 2 is 1.84 bits per heavy atom. The summed E-state index contributed by atoms with van der Waals surface area (Å²) in [6, 6.07) is 8.73. The first-order chi connectivity index (χ1) is 9.22. The van der Waals surface area contributed by atoms with Crippen LogP contribution in [0.25, 0.3) is 0 Å². The number of benzene rings is 1. The van der Waals surface area contributed by atoms with Crippen molar-refractivity contribution in [3.63, 3.8) is 0 Å². The Hall–Kier alpha value is -1.59. The lowest BCUT2D eigenvalue weighted by Gasteiger charge is -2.35. The molecular formula is C14H22N4O. The molecule has 0 unspecified atom stereocenters. The van der Waals surface area contributed by atoms with Gasteiger partial charge in [0, 0.05) is 31.9 Å². The number of carbonyl (C=O) groups excluding carboxylic acids is 1. The average molecular weight is 262 g/mol. The molecule has 1 aliphatic rings. The standard InChI is InChI=1S/C14H22N4O/c1-2-12-3-5-13(6-4-12)18-9-7-17(8-10-18)11-14(19)16-15/h3-6H,2,7-11,15H2,1H3,(H,16,19). The highest BCUT2D eigenvalue weighted by atomic mass is 16.2. The zero-order valence-corrected chi connectivity index (χ0v) is 11.4. The summed E-state index contributed by atoms with van der Waals surface area (Å²) in [4.78, 5) is 15.7. The van der Waals surface area contributed by atoms with Crippen LogP contribution in [-0.4, -0.2) is 43.5 Å². The number of rotatable bonds is 4. The van der Waals surface area contributed by atoms with Crippen LogP contribution in [0.2, 0.25) is 0 Å². The number of nitrogens with two attached hydrogens (primary N) is 1. The molecule has 5 nitrogen and oxygen atoms in total. The summed E-state index contributed by atoms with van der Waals surface area (Å²) in [6.07, 6.45) is 1.07. The summed E-state index contributed by atoms with van der Waals surface area (Å²) >= 11 is 0. The second-order valence-electron chi connectivity index (χ2n) is 4.85. The first-order valence-electron chi connectivity index (χ1n) is 6.78. The summed E-state index contributed by atoms with van der Waals surface area (Å²) in [6.45, 7) is 6.23. The van der Waals surface area contributed by atoms with Crippen LogP contribution in [-0.2, 0) is 11.2 Å². The van der Waals surface area contributed by atoms with Crippen molar-refractivity contribution in [1.82, 2.24) is 10.3 Å². The van der Waals surface area contributed by atoms with E-state index in [4.69, 9.17) is 5.84 Å². The van der Waals surface area contributed by atoms with Crippen molar-refractivity contribution in [3.8, 4) is 0 Å². The van der Waals surface area contributed by atoms with Crippen molar-refractivity contribution in [3.05, 3.63) is 29.8 Å². The largest absolute Gasteiger partial charge is 0.369 e. The molecule has 0 radical (unpaired) electrons. The predicted molar refractivity (Wildman–Crippen MR) is 76.8 cm³/mol. The van der Waals surface area contributed by atoms with Crippen molar-refractivity contribution in [1.29, 1.82) is 0 Å². The third kappa shape index (κ3) is 3.68. The number of carbonyl (C=O) groups is 1. The quantitative estimate of drug-likeness (QED) is 0.467. The summed E-state index contributed by atoms with van der Waals surface area (Å²) in [5.41, 5.74) is 4.80. The molecule has 0 spiro atoms. The van der Waals surface area contributed by atoms with Crippen LogP contribution in [0, 0.1) is 0 Å². The molecule has 1 aliphatic heterocycles. The van der Waals surface area contributed by atoms with Crippen LogP contribution < -0.4 is 16.2 Å². The van der Waals surface area contributed by atoms with Gasteiger partial charge in [0.05, 0.1) is 6.54 Å². The van der Waals surface area contributed by atoms with Crippen LogP contribution in [0.15, 0.2) is 24.3 Å². The molecule has 1 aromatic carbocycles. The lowest BCUT2D eigenvalue weighted by Crippen LogP contribution is -2.50. The number of hydrazine groups is 1. The molecule has 1 heterocycles. The molecule has 0 bridgehead atoms. The maximum atomic E-state index is 11.2. The molecule has 0 aliphatic carbocycles. The molecule has 0 atom stereocenters. The minimum Gasteiger partial charge on any atom is -0.369 e. The number of nitrogens with zero attached hydrogens (tertiary/aromatic N) is 2. The van der Waals surface area contributed by atoms with E-state index in [1.807, 2.05) is 0 Å². The van der Waals surface area contributed by atoms with Gasteiger partial charge in [-0.1, -0.05) is 19.1 Å². The van der Waals surface area contributed by atoms with Gasteiger partial charge >= 0.3 is 0 Å². The van der Waals surface area contributed by atoms with Gasteiger partial charge in [-0.25, -0.2) is 5.84 Å². The summed E-state index contributed by atoms with van der Waals surface area (Å²) < 4.78 is 0. The fraction of sp³-hybridized carbons (Fsp3) is 0.500. The number of piperazine rings is 1. The zero-order valence-electron chi connectivity index (χ0n) is 11.4. The number of amides is 1. The van der Waals surface area contributed by atoms with Crippen molar-refractivity contribution in [2.45, 2.75) is 13.3 Å². The first kappa shape index (κ1) is 13.8. The molecule has 5 heteroatoms. The highest BCUT2D eigenvalue weighted by Gasteiger charge is 2.18. The fourth-order valence-corrected chi connectivity index (χ4v) is 2.36. The van der Waals surface area contributed by atoms with E-state index in [-0.39, 0.29) is 5.91 Å². The summed E-state index contributed by atoms with van der Waals surface area (Å²) in [5, 5.41) is 0. The van der Waals surface area contributed by atoms with Crippen LogP contribution in [0.3, 0.4) is 0 Å². The maximum absolute atomic E-state index is 11.2. The number of nitrogens with one attached hydrogen (secondary N) is 1. The van der Waals surface area contributed by atoms with Gasteiger partial charge in [0.15, 0.2) is 0 Å². The van der Waals surface area contributed by atoms with Gasteiger partial charge in [0.2, 0.25) is 5.91 Å². The molecule has 1 saturated heterocycles. The smallest absolute Gasteiger partial charge is 0.248 e. The Morgan fingerprint density at radius 3 is 2.37 bits per heavy atom. The van der Waals surface area contributed by atoms with E-state index in [0.29, 0.717) is 6.54 Å². The van der Waals surface area contributed by atoms with Crippen LogP contribution in [0.5, 0.6) is 0 Å². The molecule has 2 rings (SSSR count). The lowest BCUT2D eigenvalue weighted by molar-refractivity contribution is -0.122. The second kappa shape index (κ2) is 6.54.